The molecule has 0 aliphatic rings. The normalized spacial score (nSPS) is 13.4. The summed E-state index contributed by atoms with van der Waals surface area (Å²) in [6, 6.07) is 5.62. The average Bonchev–Trinajstić information content (AvgIpc) is 2.33. The van der Waals surface area contributed by atoms with Gasteiger partial charge >= 0.3 is 6.18 Å². The maximum absolute atomic E-state index is 12.0. The molecular weight excluding hydrogens is 323 g/mol. The lowest BCUT2D eigenvalue weighted by Crippen LogP contribution is -2.21. The van der Waals surface area contributed by atoms with E-state index in [0.29, 0.717) is 6.54 Å². The lowest BCUT2D eigenvalue weighted by atomic mass is 10.1. The Kier molecular flexibility index (Phi) is 6.13. The van der Waals surface area contributed by atoms with E-state index in [4.69, 9.17) is 4.74 Å². The van der Waals surface area contributed by atoms with E-state index in [9.17, 15) is 13.2 Å². The van der Waals surface area contributed by atoms with E-state index in [1.807, 2.05) is 25.1 Å². The van der Waals surface area contributed by atoms with Crippen LogP contribution in [0.1, 0.15) is 31.4 Å². The first kappa shape index (κ1) is 16.3. The van der Waals surface area contributed by atoms with Crippen LogP contribution in [0.4, 0.5) is 13.2 Å². The van der Waals surface area contributed by atoms with Crippen molar-refractivity contribution in [3.05, 3.63) is 28.2 Å². The van der Waals surface area contributed by atoms with Crippen molar-refractivity contribution in [3.8, 4) is 5.75 Å². The van der Waals surface area contributed by atoms with Crippen molar-refractivity contribution in [2.24, 2.45) is 0 Å². The minimum absolute atomic E-state index is 0.00422. The summed E-state index contributed by atoms with van der Waals surface area (Å²) >= 11 is 3.38. The van der Waals surface area contributed by atoms with Gasteiger partial charge in [0.1, 0.15) is 5.75 Å². The van der Waals surface area contributed by atoms with Gasteiger partial charge in [-0.25, -0.2) is 0 Å². The third kappa shape index (κ3) is 5.82. The van der Waals surface area contributed by atoms with Gasteiger partial charge in [-0.3, -0.25) is 0 Å². The van der Waals surface area contributed by atoms with Crippen LogP contribution in [0.15, 0.2) is 22.7 Å². The Morgan fingerprint density at radius 2 is 2.05 bits per heavy atom. The molecule has 1 aromatic carbocycles. The van der Waals surface area contributed by atoms with Gasteiger partial charge in [-0.15, -0.1) is 0 Å². The molecule has 0 aromatic heterocycles. The first-order valence-electron chi connectivity index (χ1n) is 5.97. The molecular formula is C13H17BrF3NO. The predicted octanol–water partition coefficient (Wildman–Crippen LogP) is 4.45. The minimum atomic E-state index is -4.08. The second kappa shape index (κ2) is 7.14. The van der Waals surface area contributed by atoms with Crippen LogP contribution in [0, 0.1) is 0 Å². The number of rotatable bonds is 6. The molecule has 2 nitrogen and oxygen atoms in total. The molecule has 0 spiro atoms. The van der Waals surface area contributed by atoms with Crippen LogP contribution in [-0.4, -0.2) is 19.8 Å². The van der Waals surface area contributed by atoms with Gasteiger partial charge in [-0.1, -0.05) is 6.07 Å². The summed E-state index contributed by atoms with van der Waals surface area (Å²) < 4.78 is 41.9. The highest BCUT2D eigenvalue weighted by molar-refractivity contribution is 9.10. The van der Waals surface area contributed by atoms with Crippen LogP contribution in [0.2, 0.25) is 0 Å². The number of hydrogen-bond donors (Lipinski definition) is 1. The fourth-order valence-electron chi connectivity index (χ4n) is 1.68. The molecule has 0 bridgehead atoms. The van der Waals surface area contributed by atoms with Gasteiger partial charge < -0.3 is 10.1 Å². The molecule has 1 atom stereocenters. The van der Waals surface area contributed by atoms with Gasteiger partial charge in [-0.05, 0) is 53.5 Å². The molecule has 1 unspecified atom stereocenters. The molecule has 1 N–H and O–H groups in total. The summed E-state index contributed by atoms with van der Waals surface area (Å²) in [5, 5.41) is 3.07. The Morgan fingerprint density at radius 3 is 2.58 bits per heavy atom. The highest BCUT2D eigenvalue weighted by Crippen LogP contribution is 2.28. The zero-order valence-electron chi connectivity index (χ0n) is 10.9. The number of alkyl halides is 3. The van der Waals surface area contributed by atoms with Gasteiger partial charge in [0.15, 0.2) is 0 Å². The van der Waals surface area contributed by atoms with Crippen LogP contribution in [0.5, 0.6) is 5.75 Å². The molecule has 1 aromatic rings. The van der Waals surface area contributed by atoms with E-state index in [2.05, 4.69) is 21.2 Å². The zero-order chi connectivity index (χ0) is 14.5. The van der Waals surface area contributed by atoms with Crippen molar-refractivity contribution in [2.75, 3.05) is 13.7 Å². The molecule has 19 heavy (non-hydrogen) atoms. The maximum Gasteiger partial charge on any atom is 0.389 e. The zero-order valence-corrected chi connectivity index (χ0v) is 12.4. The molecule has 0 radical (unpaired) electrons. The van der Waals surface area contributed by atoms with E-state index in [0.717, 1.165) is 15.8 Å². The van der Waals surface area contributed by atoms with E-state index >= 15 is 0 Å². The second-order valence-electron chi connectivity index (χ2n) is 4.29. The van der Waals surface area contributed by atoms with Gasteiger partial charge in [0, 0.05) is 12.5 Å². The van der Waals surface area contributed by atoms with Gasteiger partial charge in [0.2, 0.25) is 0 Å². The summed E-state index contributed by atoms with van der Waals surface area (Å²) in [4.78, 5) is 0. The largest absolute Gasteiger partial charge is 0.496 e. The molecule has 1 rings (SSSR count). The van der Waals surface area contributed by atoms with Crippen molar-refractivity contribution < 1.29 is 17.9 Å². The predicted molar refractivity (Wildman–Crippen MR) is 72.4 cm³/mol. The smallest absolute Gasteiger partial charge is 0.389 e. The summed E-state index contributed by atoms with van der Waals surface area (Å²) in [6.45, 7) is 2.26. The van der Waals surface area contributed by atoms with Crippen LogP contribution in [0.3, 0.4) is 0 Å². The third-order valence-electron chi connectivity index (χ3n) is 2.76. The molecule has 108 valence electrons. The highest BCUT2D eigenvalue weighted by Gasteiger charge is 2.25. The van der Waals surface area contributed by atoms with Crippen LogP contribution in [-0.2, 0) is 0 Å². The molecule has 0 heterocycles. The number of methoxy groups -OCH3 is 1. The lowest BCUT2D eigenvalue weighted by Gasteiger charge is -2.16. The molecule has 0 saturated carbocycles. The second-order valence-corrected chi connectivity index (χ2v) is 5.14. The SMILES string of the molecule is COc1ccc(C(C)NCCCC(F)(F)F)cc1Br. The van der Waals surface area contributed by atoms with Crippen molar-refractivity contribution in [1.29, 1.82) is 0 Å². The van der Waals surface area contributed by atoms with Gasteiger partial charge in [0.25, 0.3) is 0 Å². The first-order chi connectivity index (χ1) is 8.83. The summed E-state index contributed by atoms with van der Waals surface area (Å²) in [5.74, 6) is 0.730. The maximum atomic E-state index is 12.0. The minimum Gasteiger partial charge on any atom is -0.496 e. The van der Waals surface area contributed by atoms with E-state index in [1.54, 1.807) is 7.11 Å². The molecule has 0 fully saturated rings. The monoisotopic (exact) mass is 339 g/mol. The van der Waals surface area contributed by atoms with Crippen LogP contribution >= 0.6 is 15.9 Å². The third-order valence-corrected chi connectivity index (χ3v) is 3.38. The molecule has 0 aliphatic heterocycles. The fourth-order valence-corrected chi connectivity index (χ4v) is 2.24. The summed E-state index contributed by atoms with van der Waals surface area (Å²) in [6.07, 6.45) is -4.74. The highest BCUT2D eigenvalue weighted by atomic mass is 79.9. The van der Waals surface area contributed by atoms with E-state index < -0.39 is 12.6 Å². The van der Waals surface area contributed by atoms with Gasteiger partial charge in [-0.2, -0.15) is 13.2 Å². The Bertz CT molecular complexity index is 409. The number of halogens is 4. The Labute approximate surface area is 119 Å². The summed E-state index contributed by atoms with van der Waals surface area (Å²) in [5.41, 5.74) is 1.000. The fraction of sp³-hybridized carbons (Fsp3) is 0.538. The van der Waals surface area contributed by atoms with Crippen LogP contribution < -0.4 is 10.1 Å². The molecule has 0 amide bonds. The number of hydrogen-bond acceptors (Lipinski definition) is 2. The van der Waals surface area contributed by atoms with Crippen LogP contribution in [0.25, 0.3) is 0 Å². The van der Waals surface area contributed by atoms with Crippen molar-refractivity contribution in [2.45, 2.75) is 32.0 Å². The van der Waals surface area contributed by atoms with Crippen molar-refractivity contribution in [1.82, 2.24) is 5.32 Å². The number of ether oxygens (including phenoxy) is 1. The molecule has 0 saturated heterocycles. The number of nitrogens with one attached hydrogen (secondary N) is 1. The first-order valence-corrected chi connectivity index (χ1v) is 6.76. The summed E-state index contributed by atoms with van der Waals surface area (Å²) in [7, 11) is 1.58. The van der Waals surface area contributed by atoms with Crippen molar-refractivity contribution >= 4 is 15.9 Å². The Balaban J connectivity index is 2.45. The molecule has 6 heteroatoms. The quantitative estimate of drug-likeness (QED) is 0.773. The Morgan fingerprint density at radius 1 is 1.37 bits per heavy atom. The topological polar surface area (TPSA) is 21.3 Å². The Hall–Kier alpha value is -0.750. The van der Waals surface area contributed by atoms with Gasteiger partial charge in [0.05, 0.1) is 11.6 Å². The van der Waals surface area contributed by atoms with E-state index in [1.165, 1.54) is 0 Å². The average molecular weight is 340 g/mol. The standard InChI is InChI=1S/C13H17BrF3NO/c1-9(18-7-3-6-13(15,16)17)10-4-5-12(19-2)11(14)8-10/h4-5,8-9,18H,3,6-7H2,1-2H3. The van der Waals surface area contributed by atoms with E-state index in [-0.39, 0.29) is 12.5 Å². The number of benzene rings is 1. The van der Waals surface area contributed by atoms with Crippen molar-refractivity contribution in [3.63, 3.8) is 0 Å². The lowest BCUT2D eigenvalue weighted by molar-refractivity contribution is -0.135. The molecule has 0 aliphatic carbocycles.